The fourth-order valence-corrected chi connectivity index (χ4v) is 2.63. The standard InChI is InChI=1S/C16H24O2/c1-2-5-13-6-3-7-14(12-13)16(17)10-9-15-8-4-11-18-15/h3,6-7,12,15-17H,2,4-5,8-11H2,1H3. The topological polar surface area (TPSA) is 29.5 Å². The highest BCUT2D eigenvalue weighted by atomic mass is 16.5. The molecule has 0 radical (unpaired) electrons. The van der Waals surface area contributed by atoms with Crippen LogP contribution in [0.1, 0.15) is 56.3 Å². The van der Waals surface area contributed by atoms with Gasteiger partial charge in [-0.05, 0) is 43.2 Å². The first-order valence-corrected chi connectivity index (χ1v) is 7.18. The Balaban J connectivity index is 1.86. The van der Waals surface area contributed by atoms with Crippen molar-refractivity contribution in [3.05, 3.63) is 35.4 Å². The SMILES string of the molecule is CCCc1cccc(C(O)CCC2CCCO2)c1. The normalized spacial score (nSPS) is 21.1. The predicted molar refractivity (Wildman–Crippen MR) is 73.6 cm³/mol. The summed E-state index contributed by atoms with van der Waals surface area (Å²) in [5.41, 5.74) is 2.38. The molecule has 18 heavy (non-hydrogen) atoms. The molecule has 2 nitrogen and oxygen atoms in total. The average molecular weight is 248 g/mol. The molecule has 1 N–H and O–H groups in total. The minimum absolute atomic E-state index is 0.342. The molecule has 2 heteroatoms. The molecule has 0 amide bonds. The Morgan fingerprint density at radius 3 is 3.06 bits per heavy atom. The fraction of sp³-hybridized carbons (Fsp3) is 0.625. The molecule has 1 saturated heterocycles. The average Bonchev–Trinajstić information content (AvgIpc) is 2.90. The van der Waals surface area contributed by atoms with Gasteiger partial charge in [0.15, 0.2) is 0 Å². The Morgan fingerprint density at radius 1 is 1.44 bits per heavy atom. The van der Waals surface area contributed by atoms with E-state index in [0.717, 1.165) is 44.3 Å². The summed E-state index contributed by atoms with van der Waals surface area (Å²) < 4.78 is 5.59. The van der Waals surface area contributed by atoms with E-state index >= 15 is 0 Å². The Hall–Kier alpha value is -0.860. The third-order valence-electron chi connectivity index (χ3n) is 3.66. The van der Waals surface area contributed by atoms with Crippen molar-refractivity contribution >= 4 is 0 Å². The molecule has 0 bridgehead atoms. The van der Waals surface area contributed by atoms with Crippen molar-refractivity contribution in [1.82, 2.24) is 0 Å². The van der Waals surface area contributed by atoms with Crippen LogP contribution in [0.5, 0.6) is 0 Å². The Kier molecular flexibility index (Phi) is 5.21. The number of hydrogen-bond donors (Lipinski definition) is 1. The molecule has 1 aliphatic rings. The van der Waals surface area contributed by atoms with Crippen molar-refractivity contribution < 1.29 is 9.84 Å². The summed E-state index contributed by atoms with van der Waals surface area (Å²) in [6.45, 7) is 3.08. The second kappa shape index (κ2) is 6.91. The fourth-order valence-electron chi connectivity index (χ4n) is 2.63. The monoisotopic (exact) mass is 248 g/mol. The van der Waals surface area contributed by atoms with Gasteiger partial charge in [-0.15, -0.1) is 0 Å². The highest BCUT2D eigenvalue weighted by molar-refractivity contribution is 5.25. The van der Waals surface area contributed by atoms with Gasteiger partial charge in [-0.2, -0.15) is 0 Å². The molecule has 1 aromatic carbocycles. The zero-order chi connectivity index (χ0) is 12.8. The number of aliphatic hydroxyl groups excluding tert-OH is 1. The van der Waals surface area contributed by atoms with Gasteiger partial charge in [0, 0.05) is 6.61 Å². The third kappa shape index (κ3) is 3.82. The van der Waals surface area contributed by atoms with Crippen molar-refractivity contribution in [2.75, 3.05) is 6.61 Å². The van der Waals surface area contributed by atoms with Crippen LogP contribution < -0.4 is 0 Å². The second-order valence-electron chi connectivity index (χ2n) is 5.22. The lowest BCUT2D eigenvalue weighted by molar-refractivity contribution is 0.0812. The quantitative estimate of drug-likeness (QED) is 0.833. The Morgan fingerprint density at radius 2 is 2.33 bits per heavy atom. The molecule has 2 atom stereocenters. The summed E-state index contributed by atoms with van der Waals surface area (Å²) >= 11 is 0. The lowest BCUT2D eigenvalue weighted by Gasteiger charge is -2.15. The second-order valence-corrected chi connectivity index (χ2v) is 5.22. The molecule has 2 rings (SSSR count). The van der Waals surface area contributed by atoms with Crippen molar-refractivity contribution in [3.8, 4) is 0 Å². The van der Waals surface area contributed by atoms with E-state index < -0.39 is 0 Å². The minimum Gasteiger partial charge on any atom is -0.388 e. The molecule has 1 aliphatic heterocycles. The summed E-state index contributed by atoms with van der Waals surface area (Å²) in [6.07, 6.45) is 6.38. The van der Waals surface area contributed by atoms with Crippen LogP contribution in [0.25, 0.3) is 0 Å². The number of ether oxygens (including phenoxy) is 1. The predicted octanol–water partition coefficient (Wildman–Crippen LogP) is 3.63. The van der Waals surface area contributed by atoms with E-state index in [2.05, 4.69) is 25.1 Å². The zero-order valence-electron chi connectivity index (χ0n) is 11.3. The van der Waals surface area contributed by atoms with Crippen LogP contribution in [-0.4, -0.2) is 17.8 Å². The maximum atomic E-state index is 10.2. The van der Waals surface area contributed by atoms with Crippen molar-refractivity contribution in [2.24, 2.45) is 0 Å². The maximum absolute atomic E-state index is 10.2. The van der Waals surface area contributed by atoms with Gasteiger partial charge in [-0.1, -0.05) is 37.6 Å². The van der Waals surface area contributed by atoms with E-state index in [4.69, 9.17) is 4.74 Å². The van der Waals surface area contributed by atoms with E-state index in [9.17, 15) is 5.11 Å². The van der Waals surface area contributed by atoms with Crippen LogP contribution in [-0.2, 0) is 11.2 Å². The number of benzene rings is 1. The first-order valence-electron chi connectivity index (χ1n) is 7.18. The minimum atomic E-state index is -0.342. The van der Waals surface area contributed by atoms with E-state index in [1.165, 1.54) is 12.0 Å². The molecular formula is C16H24O2. The van der Waals surface area contributed by atoms with Crippen LogP contribution in [0, 0.1) is 0 Å². The summed E-state index contributed by atoms with van der Waals surface area (Å²) in [5, 5.41) is 10.2. The van der Waals surface area contributed by atoms with E-state index in [1.54, 1.807) is 0 Å². The molecule has 0 aliphatic carbocycles. The summed E-state index contributed by atoms with van der Waals surface area (Å²) in [7, 11) is 0. The third-order valence-corrected chi connectivity index (χ3v) is 3.66. The molecule has 0 spiro atoms. The Labute approximate surface area is 110 Å². The van der Waals surface area contributed by atoms with Gasteiger partial charge >= 0.3 is 0 Å². The summed E-state index contributed by atoms with van der Waals surface area (Å²) in [5.74, 6) is 0. The van der Waals surface area contributed by atoms with Gasteiger partial charge in [0.05, 0.1) is 12.2 Å². The first-order chi connectivity index (χ1) is 8.79. The summed E-state index contributed by atoms with van der Waals surface area (Å²) in [6, 6.07) is 8.36. The molecule has 1 fully saturated rings. The largest absolute Gasteiger partial charge is 0.388 e. The molecule has 100 valence electrons. The Bertz CT molecular complexity index is 356. The number of aliphatic hydroxyl groups is 1. The molecule has 1 heterocycles. The number of hydrogen-bond acceptors (Lipinski definition) is 2. The number of aryl methyl sites for hydroxylation is 1. The van der Waals surface area contributed by atoms with Crippen LogP contribution >= 0.6 is 0 Å². The molecule has 1 aromatic rings. The summed E-state index contributed by atoms with van der Waals surface area (Å²) in [4.78, 5) is 0. The first kappa shape index (κ1) is 13.6. The highest BCUT2D eigenvalue weighted by Gasteiger charge is 2.17. The van der Waals surface area contributed by atoms with Gasteiger partial charge in [-0.3, -0.25) is 0 Å². The van der Waals surface area contributed by atoms with E-state index in [0.29, 0.717) is 6.10 Å². The van der Waals surface area contributed by atoms with Crippen molar-refractivity contribution in [1.29, 1.82) is 0 Å². The van der Waals surface area contributed by atoms with Crippen LogP contribution in [0.3, 0.4) is 0 Å². The highest BCUT2D eigenvalue weighted by Crippen LogP contribution is 2.24. The molecule has 0 saturated carbocycles. The van der Waals surface area contributed by atoms with Crippen LogP contribution in [0.4, 0.5) is 0 Å². The zero-order valence-corrected chi connectivity index (χ0v) is 11.3. The van der Waals surface area contributed by atoms with Gasteiger partial charge < -0.3 is 9.84 Å². The van der Waals surface area contributed by atoms with E-state index in [-0.39, 0.29) is 6.10 Å². The lowest BCUT2D eigenvalue weighted by atomic mass is 9.99. The van der Waals surface area contributed by atoms with Gasteiger partial charge in [0.2, 0.25) is 0 Å². The van der Waals surface area contributed by atoms with Crippen LogP contribution in [0.2, 0.25) is 0 Å². The van der Waals surface area contributed by atoms with E-state index in [1.807, 2.05) is 6.07 Å². The van der Waals surface area contributed by atoms with Gasteiger partial charge in [0.25, 0.3) is 0 Å². The van der Waals surface area contributed by atoms with Gasteiger partial charge in [0.1, 0.15) is 0 Å². The maximum Gasteiger partial charge on any atom is 0.0791 e. The smallest absolute Gasteiger partial charge is 0.0791 e. The lowest BCUT2D eigenvalue weighted by Crippen LogP contribution is -2.08. The number of rotatable bonds is 6. The molecule has 0 aromatic heterocycles. The van der Waals surface area contributed by atoms with Gasteiger partial charge in [-0.25, -0.2) is 0 Å². The molecule has 2 unspecified atom stereocenters. The van der Waals surface area contributed by atoms with Crippen molar-refractivity contribution in [3.63, 3.8) is 0 Å². The molecular weight excluding hydrogens is 224 g/mol. The van der Waals surface area contributed by atoms with Crippen LogP contribution in [0.15, 0.2) is 24.3 Å². The van der Waals surface area contributed by atoms with Crippen molar-refractivity contribution in [2.45, 2.75) is 57.7 Å².